The van der Waals surface area contributed by atoms with E-state index < -0.39 is 104 Å². The third-order valence-electron chi connectivity index (χ3n) is 9.32. The van der Waals surface area contributed by atoms with Crippen molar-refractivity contribution in [2.45, 2.75) is 47.0 Å². The minimum atomic E-state index is -6.25. The van der Waals surface area contributed by atoms with Gasteiger partial charge in [-0.1, -0.05) is 30.3 Å². The number of halogens is 9. The molecule has 2 fully saturated rings. The summed E-state index contributed by atoms with van der Waals surface area (Å²) in [4.78, 5) is 27.4. The molecule has 2 amide bonds. The Morgan fingerprint density at radius 2 is 1.43 bits per heavy atom. The normalized spacial score (nSPS) is 20.2. The lowest BCUT2D eigenvalue weighted by atomic mass is 9.88. The Hall–Kier alpha value is -4.16. The number of hydrogen-bond donors (Lipinski definition) is 1. The number of nitrogens with zero attached hydrogens (tertiary/aromatic N) is 2. The number of alkyl halides is 6. The largest absolute Gasteiger partial charge is 0.430 e. The maximum Gasteiger partial charge on any atom is 0.430 e. The highest BCUT2D eigenvalue weighted by molar-refractivity contribution is 7.92. The van der Waals surface area contributed by atoms with Crippen LogP contribution in [0.15, 0.2) is 71.6 Å². The highest BCUT2D eigenvalue weighted by Crippen LogP contribution is 2.54. The van der Waals surface area contributed by atoms with Gasteiger partial charge >= 0.3 is 12.4 Å². The molecule has 0 aliphatic carbocycles. The van der Waals surface area contributed by atoms with Crippen molar-refractivity contribution in [3.63, 3.8) is 0 Å². The lowest BCUT2D eigenvalue weighted by molar-refractivity contribution is -0.392. The molecule has 2 aliphatic heterocycles. The van der Waals surface area contributed by atoms with Crippen LogP contribution in [0.4, 0.5) is 39.5 Å². The van der Waals surface area contributed by atoms with Crippen molar-refractivity contribution in [1.29, 1.82) is 0 Å². The molecule has 0 aromatic heterocycles. The van der Waals surface area contributed by atoms with Gasteiger partial charge in [0.15, 0.2) is 9.84 Å². The van der Waals surface area contributed by atoms with Crippen LogP contribution in [0.5, 0.6) is 0 Å². The quantitative estimate of drug-likeness (QED) is 0.233. The van der Waals surface area contributed by atoms with E-state index in [1.807, 2.05) is 0 Å². The van der Waals surface area contributed by atoms with Crippen LogP contribution in [0, 0.1) is 23.4 Å². The van der Waals surface area contributed by atoms with E-state index in [1.54, 1.807) is 0 Å². The Kier molecular flexibility index (Phi) is 10.3. The molecule has 2 heterocycles. The summed E-state index contributed by atoms with van der Waals surface area (Å²) in [5.74, 6) is -5.70. The highest BCUT2D eigenvalue weighted by Gasteiger charge is 2.73. The summed E-state index contributed by atoms with van der Waals surface area (Å²) >= 11 is 0. The predicted octanol–water partition coefficient (Wildman–Crippen LogP) is 5.38. The minimum absolute atomic E-state index is 0.0745. The molecule has 51 heavy (non-hydrogen) atoms. The predicted molar refractivity (Wildman–Crippen MR) is 160 cm³/mol. The maximum absolute atomic E-state index is 14.5. The van der Waals surface area contributed by atoms with Gasteiger partial charge in [-0.2, -0.15) is 26.3 Å². The first-order chi connectivity index (χ1) is 23.8. The van der Waals surface area contributed by atoms with Crippen LogP contribution < -0.4 is 0 Å². The molecule has 0 radical (unpaired) electrons. The van der Waals surface area contributed by atoms with E-state index in [2.05, 4.69) is 4.74 Å². The van der Waals surface area contributed by atoms with Crippen LogP contribution in [-0.2, 0) is 41.1 Å². The van der Waals surface area contributed by atoms with Gasteiger partial charge in [-0.25, -0.2) is 21.6 Å². The molecule has 0 spiro atoms. The van der Waals surface area contributed by atoms with Crippen molar-refractivity contribution >= 4 is 21.7 Å². The van der Waals surface area contributed by atoms with Gasteiger partial charge in [-0.15, -0.1) is 0 Å². The van der Waals surface area contributed by atoms with E-state index >= 15 is 0 Å². The van der Waals surface area contributed by atoms with E-state index in [1.165, 1.54) is 4.90 Å². The van der Waals surface area contributed by atoms with Gasteiger partial charge in [-0.3, -0.25) is 9.59 Å². The molecule has 2 unspecified atom stereocenters. The first-order valence-electron chi connectivity index (χ1n) is 15.3. The zero-order valence-electron chi connectivity index (χ0n) is 26.3. The highest BCUT2D eigenvalue weighted by atomic mass is 32.2. The molecule has 2 atom stereocenters. The molecular weight excluding hydrogens is 723 g/mol. The number of sulfone groups is 1. The van der Waals surface area contributed by atoms with Crippen molar-refractivity contribution in [1.82, 2.24) is 9.80 Å². The minimum Gasteiger partial charge on any atom is -0.387 e. The van der Waals surface area contributed by atoms with Gasteiger partial charge in [-0.05, 0) is 54.8 Å². The van der Waals surface area contributed by atoms with Crippen molar-refractivity contribution in [2.24, 2.45) is 5.92 Å². The fraction of sp³-hybridized carbons (Fsp3) is 0.394. The van der Waals surface area contributed by atoms with Crippen LogP contribution in [0.1, 0.15) is 29.5 Å². The Morgan fingerprint density at radius 1 is 0.843 bits per heavy atom. The van der Waals surface area contributed by atoms with Crippen molar-refractivity contribution in [3.05, 3.63) is 101 Å². The Labute approximate surface area is 285 Å². The molecule has 8 nitrogen and oxygen atoms in total. The zero-order valence-corrected chi connectivity index (χ0v) is 27.1. The molecule has 2 saturated heterocycles. The van der Waals surface area contributed by atoms with Crippen molar-refractivity contribution in [2.75, 3.05) is 32.8 Å². The number of amides is 2. The SMILES string of the molecule is O=C(CO)N1CCC(C(=O)N2CCC(c3ccc(C(OCc4c(F)cccc4F)(C(F)(F)F)C(F)(F)F)cc3)(S(=O)(=O)c3ccc(F)cc3)C2)C1. The number of carbonyl (C=O) groups is 2. The van der Waals surface area contributed by atoms with Crippen LogP contribution >= 0.6 is 0 Å². The molecule has 1 N–H and O–H groups in total. The molecule has 2 aliphatic rings. The third-order valence-corrected chi connectivity index (χ3v) is 11.8. The lowest BCUT2D eigenvalue weighted by Gasteiger charge is -2.38. The van der Waals surface area contributed by atoms with Crippen molar-refractivity contribution < 1.29 is 67.4 Å². The number of rotatable bonds is 9. The summed E-state index contributed by atoms with van der Waals surface area (Å²) < 4.78 is 160. The second kappa shape index (κ2) is 13.8. The van der Waals surface area contributed by atoms with E-state index in [0.717, 1.165) is 35.2 Å². The first-order valence-corrected chi connectivity index (χ1v) is 16.8. The number of benzene rings is 3. The van der Waals surface area contributed by atoms with E-state index in [0.29, 0.717) is 36.4 Å². The first kappa shape index (κ1) is 38.1. The number of carbonyl (C=O) groups excluding carboxylic acids is 2. The zero-order chi connectivity index (χ0) is 37.6. The standard InChI is InChI=1S/C33H29F9N2O6S/c34-23-8-10-24(11-9-23)51(48,49)30(13-15-44(19-30)29(47)20-12-14-43(16-20)28(46)17-45)21-4-6-22(7-5-21)31(32(37,38)39,33(40,41)42)50-18-25-26(35)2-1-3-27(25)36/h1-11,20,45H,12-19H2. The monoisotopic (exact) mass is 752 g/mol. The summed E-state index contributed by atoms with van der Waals surface area (Å²) in [7, 11) is -4.67. The van der Waals surface area contributed by atoms with Gasteiger partial charge in [0.2, 0.25) is 11.8 Å². The van der Waals surface area contributed by atoms with Gasteiger partial charge in [0.05, 0.1) is 17.4 Å². The summed E-state index contributed by atoms with van der Waals surface area (Å²) in [6, 6.07) is 7.71. The fourth-order valence-corrected chi connectivity index (χ4v) is 8.64. The van der Waals surface area contributed by atoms with Gasteiger partial charge < -0.3 is 19.6 Å². The molecule has 3 aromatic rings. The Morgan fingerprint density at radius 3 is 1.98 bits per heavy atom. The number of aliphatic hydroxyl groups excluding tert-OH is 1. The Balaban J connectivity index is 1.57. The topological polar surface area (TPSA) is 104 Å². The molecule has 18 heteroatoms. The summed E-state index contributed by atoms with van der Waals surface area (Å²) in [5.41, 5.74) is -8.22. The molecule has 5 rings (SSSR count). The van der Waals surface area contributed by atoms with Crippen LogP contribution in [-0.4, -0.2) is 80.3 Å². The maximum atomic E-state index is 14.5. The number of ether oxygens (including phenoxy) is 1. The van der Waals surface area contributed by atoms with Crippen LogP contribution in [0.25, 0.3) is 0 Å². The van der Waals surface area contributed by atoms with Crippen molar-refractivity contribution in [3.8, 4) is 0 Å². The number of hydrogen-bond acceptors (Lipinski definition) is 6. The molecule has 3 aromatic carbocycles. The van der Waals surface area contributed by atoms with Crippen LogP contribution in [0.2, 0.25) is 0 Å². The molecule has 0 bridgehead atoms. The summed E-state index contributed by atoms with van der Waals surface area (Å²) in [5, 5.41) is 9.16. The lowest BCUT2D eigenvalue weighted by Crippen LogP contribution is -2.56. The summed E-state index contributed by atoms with van der Waals surface area (Å²) in [6.45, 7) is -3.36. The van der Waals surface area contributed by atoms with Gasteiger partial charge in [0.25, 0.3) is 5.60 Å². The number of aliphatic hydroxyl groups is 1. The van der Waals surface area contributed by atoms with E-state index in [-0.39, 0.29) is 38.0 Å². The van der Waals surface area contributed by atoms with Crippen LogP contribution in [0.3, 0.4) is 0 Å². The van der Waals surface area contributed by atoms with E-state index in [4.69, 9.17) is 5.11 Å². The summed E-state index contributed by atoms with van der Waals surface area (Å²) in [6.07, 6.45) is -12.7. The second-order valence-electron chi connectivity index (χ2n) is 12.2. The molecule has 0 saturated carbocycles. The van der Waals surface area contributed by atoms with Gasteiger partial charge in [0.1, 0.15) is 28.8 Å². The fourth-order valence-electron chi connectivity index (χ4n) is 6.56. The average Bonchev–Trinajstić information content (AvgIpc) is 3.75. The molecule has 276 valence electrons. The third kappa shape index (κ3) is 6.68. The second-order valence-corrected chi connectivity index (χ2v) is 14.4. The van der Waals surface area contributed by atoms with E-state index in [9.17, 15) is 57.5 Å². The smallest absolute Gasteiger partial charge is 0.387 e. The number of likely N-dealkylation sites (tertiary alicyclic amines) is 2. The van der Waals surface area contributed by atoms with Gasteiger partial charge in [0, 0.05) is 37.3 Å². The Bertz CT molecular complexity index is 1850. The average molecular weight is 753 g/mol. The molecular formula is C33H29F9N2O6S.